The summed E-state index contributed by atoms with van der Waals surface area (Å²) in [5, 5.41) is 8.85. The Morgan fingerprint density at radius 1 is 1.19 bits per heavy atom. The van der Waals surface area contributed by atoms with Crippen molar-refractivity contribution in [1.29, 1.82) is 5.26 Å². The van der Waals surface area contributed by atoms with Crippen molar-refractivity contribution in [2.45, 2.75) is 31.8 Å². The van der Waals surface area contributed by atoms with E-state index in [1.807, 2.05) is 36.4 Å². The van der Waals surface area contributed by atoms with Crippen LogP contribution in [-0.2, 0) is 14.3 Å². The van der Waals surface area contributed by atoms with E-state index in [0.717, 1.165) is 22.3 Å². The predicted molar refractivity (Wildman–Crippen MR) is 95.5 cm³/mol. The Morgan fingerprint density at radius 3 is 2.65 bits per heavy atom. The summed E-state index contributed by atoms with van der Waals surface area (Å²) in [5.74, 6) is -0.592. The lowest BCUT2D eigenvalue weighted by Gasteiger charge is -2.22. The molecule has 0 bridgehead atoms. The van der Waals surface area contributed by atoms with E-state index in [1.165, 1.54) is 0 Å². The van der Waals surface area contributed by atoms with Gasteiger partial charge in [-0.3, -0.25) is 4.79 Å². The molecule has 1 atom stereocenters. The van der Waals surface area contributed by atoms with Gasteiger partial charge < -0.3 is 9.47 Å². The van der Waals surface area contributed by atoms with E-state index in [2.05, 4.69) is 0 Å². The summed E-state index contributed by atoms with van der Waals surface area (Å²) in [4.78, 5) is 23.2. The molecule has 0 aromatic heterocycles. The van der Waals surface area contributed by atoms with Crippen molar-refractivity contribution in [1.82, 2.24) is 0 Å². The topological polar surface area (TPSA) is 76.4 Å². The van der Waals surface area contributed by atoms with E-state index in [-0.39, 0.29) is 18.9 Å². The number of fused-ring (bicyclic) bond motifs is 3. The normalized spacial score (nSPS) is 14.7. The molecule has 1 aliphatic rings. The van der Waals surface area contributed by atoms with Crippen molar-refractivity contribution in [3.63, 3.8) is 0 Å². The summed E-state index contributed by atoms with van der Waals surface area (Å²) in [6.07, 6.45) is 0.116. The van der Waals surface area contributed by atoms with E-state index in [1.54, 1.807) is 26.0 Å². The molecule has 0 fully saturated rings. The average Bonchev–Trinajstić information content (AvgIpc) is 2.92. The van der Waals surface area contributed by atoms with Gasteiger partial charge in [-0.1, -0.05) is 30.3 Å². The third-order valence-corrected chi connectivity index (χ3v) is 4.49. The third kappa shape index (κ3) is 3.31. The second kappa shape index (κ2) is 7.01. The van der Waals surface area contributed by atoms with Gasteiger partial charge in [0.25, 0.3) is 6.47 Å². The first-order valence-corrected chi connectivity index (χ1v) is 8.35. The van der Waals surface area contributed by atoms with Gasteiger partial charge in [-0.15, -0.1) is 0 Å². The standard InChI is InChI=1S/C21H19NO4/c1-21(2,9-10-22)26-20(24)14-7-8-17-15-5-3-4-6-16(15)19(12-25-13-23)18(17)11-14/h3-8,11,13,19H,9,12H2,1-2H3. The van der Waals surface area contributed by atoms with Gasteiger partial charge in [0.2, 0.25) is 0 Å². The number of esters is 1. The van der Waals surface area contributed by atoms with Gasteiger partial charge in [-0.2, -0.15) is 5.26 Å². The average molecular weight is 349 g/mol. The highest BCUT2D eigenvalue weighted by Crippen LogP contribution is 2.45. The number of hydrogen-bond donors (Lipinski definition) is 0. The lowest BCUT2D eigenvalue weighted by Crippen LogP contribution is -2.27. The number of benzene rings is 2. The quantitative estimate of drug-likeness (QED) is 0.585. The Bertz CT molecular complexity index is 895. The molecule has 132 valence electrons. The van der Waals surface area contributed by atoms with Crippen LogP contribution in [0.1, 0.15) is 47.7 Å². The molecule has 0 spiro atoms. The summed E-state index contributed by atoms with van der Waals surface area (Å²) >= 11 is 0. The van der Waals surface area contributed by atoms with E-state index < -0.39 is 11.6 Å². The molecule has 3 rings (SSSR count). The van der Waals surface area contributed by atoms with Crippen LogP contribution in [0, 0.1) is 11.3 Å². The molecule has 0 saturated carbocycles. The SMILES string of the molecule is CC(C)(CC#N)OC(=O)c1ccc2c(c1)C(COC=O)c1ccccc1-2. The molecule has 2 aromatic rings. The van der Waals surface area contributed by atoms with Crippen molar-refractivity contribution < 1.29 is 19.1 Å². The van der Waals surface area contributed by atoms with Gasteiger partial charge in [-0.05, 0) is 48.2 Å². The Morgan fingerprint density at radius 2 is 1.92 bits per heavy atom. The number of carbonyl (C=O) groups excluding carboxylic acids is 2. The minimum Gasteiger partial charge on any atom is -0.467 e. The first-order chi connectivity index (χ1) is 12.5. The Kier molecular flexibility index (Phi) is 4.77. The second-order valence-corrected chi connectivity index (χ2v) is 6.86. The lowest BCUT2D eigenvalue weighted by atomic mass is 9.96. The fourth-order valence-electron chi connectivity index (χ4n) is 3.29. The van der Waals surface area contributed by atoms with Crippen LogP contribution in [0.3, 0.4) is 0 Å². The highest BCUT2D eigenvalue weighted by Gasteiger charge is 2.31. The molecular weight excluding hydrogens is 330 g/mol. The zero-order valence-corrected chi connectivity index (χ0v) is 14.7. The molecule has 1 unspecified atom stereocenters. The number of rotatable bonds is 6. The van der Waals surface area contributed by atoms with Gasteiger partial charge in [0.05, 0.1) is 18.1 Å². The Balaban J connectivity index is 1.95. The van der Waals surface area contributed by atoms with Crippen LogP contribution in [-0.4, -0.2) is 24.6 Å². The van der Waals surface area contributed by atoms with Crippen molar-refractivity contribution in [2.75, 3.05) is 6.61 Å². The van der Waals surface area contributed by atoms with Crippen LogP contribution in [0.25, 0.3) is 11.1 Å². The number of nitriles is 1. The maximum Gasteiger partial charge on any atom is 0.338 e. The molecule has 26 heavy (non-hydrogen) atoms. The smallest absolute Gasteiger partial charge is 0.338 e. The molecule has 5 heteroatoms. The minimum atomic E-state index is -0.853. The van der Waals surface area contributed by atoms with E-state index >= 15 is 0 Å². The molecule has 2 aromatic carbocycles. The molecule has 5 nitrogen and oxygen atoms in total. The molecular formula is C21H19NO4. The first-order valence-electron chi connectivity index (χ1n) is 8.35. The van der Waals surface area contributed by atoms with Crippen molar-refractivity contribution >= 4 is 12.4 Å². The fraction of sp³-hybridized carbons (Fsp3) is 0.286. The number of hydrogen-bond acceptors (Lipinski definition) is 5. The van der Waals surface area contributed by atoms with Crippen molar-refractivity contribution in [3.05, 3.63) is 59.2 Å². The molecule has 0 aliphatic heterocycles. The maximum absolute atomic E-state index is 12.5. The van der Waals surface area contributed by atoms with E-state index in [9.17, 15) is 9.59 Å². The second-order valence-electron chi connectivity index (χ2n) is 6.86. The lowest BCUT2D eigenvalue weighted by molar-refractivity contribution is -0.128. The van der Waals surface area contributed by atoms with E-state index in [0.29, 0.717) is 12.0 Å². The number of nitrogens with zero attached hydrogens (tertiary/aromatic N) is 1. The van der Waals surface area contributed by atoms with Gasteiger partial charge in [0, 0.05) is 5.92 Å². The predicted octanol–water partition coefficient (Wildman–Crippen LogP) is 3.82. The van der Waals surface area contributed by atoms with Crippen molar-refractivity contribution in [3.8, 4) is 17.2 Å². The summed E-state index contributed by atoms with van der Waals surface area (Å²) in [6, 6.07) is 15.3. The van der Waals surface area contributed by atoms with Crippen LogP contribution in [0.4, 0.5) is 0 Å². The van der Waals surface area contributed by atoms with Gasteiger partial charge in [0.1, 0.15) is 12.2 Å². The summed E-state index contributed by atoms with van der Waals surface area (Å²) in [7, 11) is 0. The summed E-state index contributed by atoms with van der Waals surface area (Å²) in [6.45, 7) is 4.06. The molecule has 0 radical (unpaired) electrons. The Hall–Kier alpha value is -3.13. The monoisotopic (exact) mass is 349 g/mol. The molecule has 1 aliphatic carbocycles. The van der Waals surface area contributed by atoms with Crippen LogP contribution < -0.4 is 0 Å². The molecule has 0 saturated heterocycles. The molecule has 0 heterocycles. The van der Waals surface area contributed by atoms with Gasteiger partial charge in [-0.25, -0.2) is 4.79 Å². The summed E-state index contributed by atoms with van der Waals surface area (Å²) < 4.78 is 10.5. The van der Waals surface area contributed by atoms with Gasteiger partial charge in [0.15, 0.2) is 0 Å². The van der Waals surface area contributed by atoms with Crippen LogP contribution in [0.2, 0.25) is 0 Å². The maximum atomic E-state index is 12.5. The Labute approximate surface area is 152 Å². The largest absolute Gasteiger partial charge is 0.467 e. The van der Waals surface area contributed by atoms with Crippen molar-refractivity contribution in [2.24, 2.45) is 0 Å². The molecule has 0 N–H and O–H groups in total. The van der Waals surface area contributed by atoms with Crippen LogP contribution in [0.5, 0.6) is 0 Å². The number of ether oxygens (including phenoxy) is 2. The highest BCUT2D eigenvalue weighted by atomic mass is 16.6. The first kappa shape index (κ1) is 17.7. The fourth-order valence-corrected chi connectivity index (χ4v) is 3.29. The highest BCUT2D eigenvalue weighted by molar-refractivity contribution is 5.92. The van der Waals surface area contributed by atoms with Crippen LogP contribution in [0.15, 0.2) is 42.5 Å². The summed E-state index contributed by atoms with van der Waals surface area (Å²) in [5.41, 5.74) is 3.66. The van der Waals surface area contributed by atoms with E-state index in [4.69, 9.17) is 14.7 Å². The number of carbonyl (C=O) groups is 2. The zero-order chi connectivity index (χ0) is 18.7. The zero-order valence-electron chi connectivity index (χ0n) is 14.7. The van der Waals surface area contributed by atoms with Crippen LogP contribution >= 0.6 is 0 Å². The third-order valence-electron chi connectivity index (χ3n) is 4.49. The minimum absolute atomic E-state index is 0.116. The van der Waals surface area contributed by atoms with Gasteiger partial charge >= 0.3 is 5.97 Å². The molecule has 0 amide bonds.